The largest absolute Gasteiger partial charge is 0.364 e. The van der Waals surface area contributed by atoms with Gasteiger partial charge in [-0.1, -0.05) is 6.07 Å². The average molecular weight is 332 g/mol. The second-order valence-electron chi connectivity index (χ2n) is 4.80. The van der Waals surface area contributed by atoms with Crippen LogP contribution < -0.4 is 16.2 Å². The minimum Gasteiger partial charge on any atom is -0.364 e. The van der Waals surface area contributed by atoms with Crippen LogP contribution in [0.3, 0.4) is 0 Å². The third-order valence-corrected chi connectivity index (χ3v) is 4.46. The van der Waals surface area contributed by atoms with Gasteiger partial charge in [-0.3, -0.25) is 10.9 Å². The molecule has 3 N–H and O–H groups in total. The molecule has 0 spiro atoms. The highest BCUT2D eigenvalue weighted by Gasteiger charge is 2.16. The zero-order chi connectivity index (χ0) is 15.7. The Balaban J connectivity index is 2.04. The molecule has 0 saturated carbocycles. The number of hydrogen-bond donors (Lipinski definition) is 3. The van der Waals surface area contributed by atoms with Gasteiger partial charge in [0.2, 0.25) is 0 Å². The normalized spacial score (nSPS) is 10.7. The van der Waals surface area contributed by atoms with Crippen molar-refractivity contribution in [1.29, 1.82) is 0 Å². The number of hydrazine groups is 1. The Hall–Kier alpha value is -2.19. The van der Waals surface area contributed by atoms with E-state index in [2.05, 4.69) is 44.6 Å². The predicted octanol–water partition coefficient (Wildman–Crippen LogP) is 2.43. The van der Waals surface area contributed by atoms with E-state index in [1.54, 1.807) is 23.1 Å². The van der Waals surface area contributed by atoms with Gasteiger partial charge in [-0.15, -0.1) is 11.3 Å². The van der Waals surface area contributed by atoms with E-state index in [0.717, 1.165) is 27.2 Å². The lowest BCUT2D eigenvalue weighted by molar-refractivity contribution is 0.790. The lowest BCUT2D eigenvalue weighted by Gasteiger charge is -2.10. The van der Waals surface area contributed by atoms with Crippen LogP contribution in [0.5, 0.6) is 0 Å². The second kappa shape index (κ2) is 5.90. The summed E-state index contributed by atoms with van der Waals surface area (Å²) < 4.78 is 1.80. The number of anilines is 1. The first-order chi connectivity index (χ1) is 10.6. The maximum Gasteiger partial charge on any atom is 0.184 e. The maximum atomic E-state index is 5.04. The fraction of sp³-hybridized carbons (Fsp3) is 0.214. The Morgan fingerprint density at radius 2 is 2.23 bits per heavy atom. The molecule has 8 heteroatoms. The molecule has 114 valence electrons. The highest BCUT2D eigenvalue weighted by atomic mass is 32.1. The SMILES string of the molecule is CNC(=S)NNc1cc(C)c2c(-c3cccs3)nn(C)c2n1. The van der Waals surface area contributed by atoms with Gasteiger partial charge in [0, 0.05) is 14.1 Å². The summed E-state index contributed by atoms with van der Waals surface area (Å²) in [6.07, 6.45) is 0. The number of aromatic nitrogens is 3. The van der Waals surface area contributed by atoms with Crippen molar-refractivity contribution < 1.29 is 0 Å². The van der Waals surface area contributed by atoms with Crippen LogP contribution in [-0.2, 0) is 7.05 Å². The number of thiocarbonyl (C=S) groups is 1. The zero-order valence-corrected chi connectivity index (χ0v) is 14.1. The van der Waals surface area contributed by atoms with Crippen LogP contribution in [0.15, 0.2) is 23.6 Å². The Kier molecular flexibility index (Phi) is 3.95. The fourth-order valence-electron chi connectivity index (χ4n) is 2.26. The van der Waals surface area contributed by atoms with Gasteiger partial charge in [0.15, 0.2) is 10.8 Å². The molecule has 0 saturated heterocycles. The van der Waals surface area contributed by atoms with Gasteiger partial charge >= 0.3 is 0 Å². The maximum absolute atomic E-state index is 5.04. The van der Waals surface area contributed by atoms with Crippen LogP contribution in [0.2, 0.25) is 0 Å². The van der Waals surface area contributed by atoms with Gasteiger partial charge in [0.25, 0.3) is 0 Å². The number of fused-ring (bicyclic) bond motifs is 1. The van der Waals surface area contributed by atoms with Crippen molar-refractivity contribution in [1.82, 2.24) is 25.5 Å². The topological polar surface area (TPSA) is 66.8 Å². The van der Waals surface area contributed by atoms with Crippen LogP contribution in [0.4, 0.5) is 5.82 Å². The van der Waals surface area contributed by atoms with Crippen LogP contribution in [0, 0.1) is 6.92 Å². The van der Waals surface area contributed by atoms with Gasteiger partial charge in [-0.05, 0) is 42.2 Å². The molecule has 0 aliphatic rings. The number of nitrogens with one attached hydrogen (secondary N) is 3. The highest BCUT2D eigenvalue weighted by molar-refractivity contribution is 7.80. The minimum absolute atomic E-state index is 0.504. The van der Waals surface area contributed by atoms with Gasteiger partial charge in [-0.2, -0.15) is 5.10 Å². The monoisotopic (exact) mass is 332 g/mol. The second-order valence-corrected chi connectivity index (χ2v) is 6.16. The molecule has 3 aromatic rings. The first kappa shape index (κ1) is 14.7. The number of pyridine rings is 1. The van der Waals surface area contributed by atoms with Crippen molar-refractivity contribution in [3.8, 4) is 10.6 Å². The van der Waals surface area contributed by atoms with E-state index < -0.39 is 0 Å². The van der Waals surface area contributed by atoms with E-state index in [4.69, 9.17) is 12.2 Å². The minimum atomic E-state index is 0.504. The van der Waals surface area contributed by atoms with Crippen molar-refractivity contribution in [2.24, 2.45) is 7.05 Å². The standard InChI is InChI=1S/C14H16N6S2/c1-8-7-10(17-18-14(21)15-2)16-13-11(8)12(19-20(13)3)9-5-4-6-22-9/h4-7H,1-3H3,(H,16,17)(H2,15,18,21). The summed E-state index contributed by atoms with van der Waals surface area (Å²) in [4.78, 5) is 5.76. The molecule has 0 fully saturated rings. The predicted molar refractivity (Wildman–Crippen MR) is 95.0 cm³/mol. The highest BCUT2D eigenvalue weighted by Crippen LogP contribution is 2.32. The molecule has 0 aliphatic heterocycles. The molecule has 0 atom stereocenters. The van der Waals surface area contributed by atoms with Gasteiger partial charge in [0.05, 0.1) is 10.3 Å². The number of thiophene rings is 1. The van der Waals surface area contributed by atoms with Crippen LogP contribution >= 0.6 is 23.6 Å². The van der Waals surface area contributed by atoms with Crippen LogP contribution in [0.1, 0.15) is 5.56 Å². The number of rotatable bonds is 3. The van der Waals surface area contributed by atoms with Gasteiger partial charge in [-0.25, -0.2) is 9.67 Å². The summed E-state index contributed by atoms with van der Waals surface area (Å²) in [5, 5.41) is 11.1. The molecular formula is C14H16N6S2. The van der Waals surface area contributed by atoms with E-state index in [9.17, 15) is 0 Å². The Morgan fingerprint density at radius 3 is 2.91 bits per heavy atom. The molecule has 22 heavy (non-hydrogen) atoms. The molecule has 0 radical (unpaired) electrons. The lowest BCUT2D eigenvalue weighted by atomic mass is 10.1. The van der Waals surface area contributed by atoms with Gasteiger partial charge < -0.3 is 5.32 Å². The third kappa shape index (κ3) is 2.62. The summed E-state index contributed by atoms with van der Waals surface area (Å²) in [6, 6.07) is 6.08. The fourth-order valence-corrected chi connectivity index (χ4v) is 3.03. The summed E-state index contributed by atoms with van der Waals surface area (Å²) in [5.74, 6) is 0.698. The van der Waals surface area contributed by atoms with E-state index >= 15 is 0 Å². The Morgan fingerprint density at radius 1 is 1.41 bits per heavy atom. The first-order valence-electron chi connectivity index (χ1n) is 6.72. The summed E-state index contributed by atoms with van der Waals surface area (Å²) in [6.45, 7) is 2.06. The molecule has 3 rings (SSSR count). The van der Waals surface area contributed by atoms with E-state index in [1.165, 1.54) is 0 Å². The molecule has 0 aromatic carbocycles. The third-order valence-electron chi connectivity index (χ3n) is 3.28. The van der Waals surface area contributed by atoms with Crippen molar-refractivity contribution in [2.45, 2.75) is 6.92 Å². The summed E-state index contributed by atoms with van der Waals surface area (Å²) >= 11 is 6.72. The molecule has 0 bridgehead atoms. The number of hydrogen-bond acceptors (Lipinski definition) is 5. The molecular weight excluding hydrogens is 316 g/mol. The Labute approximate surface area is 137 Å². The number of nitrogens with zero attached hydrogens (tertiary/aromatic N) is 3. The lowest BCUT2D eigenvalue weighted by Crippen LogP contribution is -2.36. The molecule has 6 nitrogen and oxygen atoms in total. The van der Waals surface area contributed by atoms with Crippen molar-refractivity contribution >= 4 is 45.5 Å². The Bertz CT molecular complexity index is 822. The van der Waals surface area contributed by atoms with Crippen LogP contribution in [0.25, 0.3) is 21.6 Å². The summed E-state index contributed by atoms with van der Waals surface area (Å²) in [7, 11) is 3.66. The molecule has 3 heterocycles. The molecule has 0 amide bonds. The average Bonchev–Trinajstić information content (AvgIpc) is 3.13. The summed E-state index contributed by atoms with van der Waals surface area (Å²) in [5.41, 5.74) is 8.79. The van der Waals surface area contributed by atoms with E-state index in [0.29, 0.717) is 10.9 Å². The number of aryl methyl sites for hydroxylation is 2. The van der Waals surface area contributed by atoms with Crippen molar-refractivity contribution in [3.63, 3.8) is 0 Å². The molecule has 0 unspecified atom stereocenters. The van der Waals surface area contributed by atoms with Crippen LogP contribution in [-0.4, -0.2) is 26.9 Å². The zero-order valence-electron chi connectivity index (χ0n) is 12.5. The smallest absolute Gasteiger partial charge is 0.184 e. The quantitative estimate of drug-likeness (QED) is 0.506. The van der Waals surface area contributed by atoms with Gasteiger partial charge in [0.1, 0.15) is 11.5 Å². The van der Waals surface area contributed by atoms with E-state index in [1.807, 2.05) is 19.2 Å². The first-order valence-corrected chi connectivity index (χ1v) is 8.01. The molecule has 0 aliphatic carbocycles. The van der Waals surface area contributed by atoms with Crippen molar-refractivity contribution in [3.05, 3.63) is 29.1 Å². The van der Waals surface area contributed by atoms with Crippen molar-refractivity contribution in [2.75, 3.05) is 12.5 Å². The molecule has 3 aromatic heterocycles. The van der Waals surface area contributed by atoms with E-state index in [-0.39, 0.29) is 0 Å².